The number of hydrogen-bond acceptors (Lipinski definition) is 11. The molecule has 0 radical (unpaired) electrons. The highest BCUT2D eigenvalue weighted by Crippen LogP contribution is 2.47. The number of fused-ring (bicyclic) bond motifs is 3. The van der Waals surface area contributed by atoms with E-state index in [0.29, 0.717) is 74.8 Å². The maximum Gasteiger partial charge on any atom is 0.427 e. The van der Waals surface area contributed by atoms with Gasteiger partial charge in [-0.15, -0.1) is 0 Å². The average molecular weight is 863 g/mol. The van der Waals surface area contributed by atoms with Crippen molar-refractivity contribution >= 4 is 44.9 Å². The zero-order valence-corrected chi connectivity index (χ0v) is 35.2. The fourth-order valence-corrected chi connectivity index (χ4v) is 9.55. The van der Waals surface area contributed by atoms with Gasteiger partial charge >= 0.3 is 12.3 Å². The second kappa shape index (κ2) is 16.3. The van der Waals surface area contributed by atoms with E-state index in [-0.39, 0.29) is 37.1 Å². The van der Waals surface area contributed by atoms with Crippen LogP contribution in [0.25, 0.3) is 11.0 Å². The van der Waals surface area contributed by atoms with Crippen molar-refractivity contribution in [2.24, 2.45) is 17.8 Å². The monoisotopic (exact) mass is 862 g/mol. The maximum absolute atomic E-state index is 15.0. The summed E-state index contributed by atoms with van der Waals surface area (Å²) in [6.45, 7) is 4.97. The minimum absolute atomic E-state index is 0.0297. The van der Waals surface area contributed by atoms with Crippen LogP contribution < -0.4 is 24.8 Å². The third-order valence-corrected chi connectivity index (χ3v) is 14.2. The molecular formula is C41H53F3N6O9S. The Labute approximate surface area is 347 Å². The lowest BCUT2D eigenvalue weighted by Gasteiger charge is -2.35. The molecule has 1 aromatic heterocycles. The maximum atomic E-state index is 15.0. The van der Waals surface area contributed by atoms with E-state index < -0.39 is 86.4 Å². The number of alkyl carbamates (subject to hydrolysis) is 1. The van der Waals surface area contributed by atoms with Crippen LogP contribution >= 0.6 is 0 Å². The Morgan fingerprint density at radius 2 is 1.78 bits per heavy atom. The number of sulfonamides is 1. The van der Waals surface area contributed by atoms with Gasteiger partial charge in [-0.05, 0) is 89.2 Å². The fourth-order valence-electron chi connectivity index (χ4n) is 8.19. The van der Waals surface area contributed by atoms with Crippen molar-refractivity contribution in [1.29, 1.82) is 0 Å². The molecule has 3 heterocycles. The Hall–Kier alpha value is -4.68. The number of benzene rings is 1. The van der Waals surface area contributed by atoms with Gasteiger partial charge in [-0.25, -0.2) is 23.2 Å². The van der Waals surface area contributed by atoms with Gasteiger partial charge in [-0.1, -0.05) is 32.4 Å². The number of amides is 4. The van der Waals surface area contributed by atoms with Gasteiger partial charge in [0.25, 0.3) is 5.91 Å². The second-order valence-corrected chi connectivity index (χ2v) is 19.5. The molecule has 2 aromatic rings. The summed E-state index contributed by atoms with van der Waals surface area (Å²) < 4.78 is 86.3. The van der Waals surface area contributed by atoms with Crippen LogP contribution in [0, 0.1) is 17.8 Å². The molecule has 3 N–H and O–H groups in total. The molecule has 60 heavy (non-hydrogen) atoms. The van der Waals surface area contributed by atoms with E-state index >= 15 is 0 Å². The summed E-state index contributed by atoms with van der Waals surface area (Å²) in [4.78, 5) is 67.6. The van der Waals surface area contributed by atoms with Crippen LogP contribution in [0.15, 0.2) is 30.4 Å². The molecule has 328 valence electrons. The second-order valence-electron chi connectivity index (χ2n) is 17.5. The zero-order chi connectivity index (χ0) is 43.4. The quantitative estimate of drug-likeness (QED) is 0.266. The first-order chi connectivity index (χ1) is 28.2. The van der Waals surface area contributed by atoms with Crippen molar-refractivity contribution in [3.63, 3.8) is 0 Å². The molecule has 0 unspecified atom stereocenters. The zero-order valence-electron chi connectivity index (χ0n) is 34.3. The van der Waals surface area contributed by atoms with E-state index in [4.69, 9.17) is 24.2 Å². The van der Waals surface area contributed by atoms with Gasteiger partial charge in [-0.2, -0.15) is 13.2 Å². The highest BCUT2D eigenvalue weighted by atomic mass is 32.2. The Morgan fingerprint density at radius 3 is 2.43 bits per heavy atom. The van der Waals surface area contributed by atoms with Crippen molar-refractivity contribution in [2.75, 3.05) is 13.7 Å². The number of carbonyl (C=O) groups excluding carboxylic acids is 4. The van der Waals surface area contributed by atoms with Crippen LogP contribution in [0.5, 0.6) is 11.6 Å². The van der Waals surface area contributed by atoms with Crippen molar-refractivity contribution in [3.8, 4) is 11.6 Å². The van der Waals surface area contributed by atoms with Gasteiger partial charge in [0.15, 0.2) is 0 Å². The number of aromatic nitrogens is 2. The van der Waals surface area contributed by atoms with E-state index in [1.807, 2.05) is 13.0 Å². The summed E-state index contributed by atoms with van der Waals surface area (Å²) in [6.07, 6.45) is 0.886. The van der Waals surface area contributed by atoms with Crippen LogP contribution in [0.3, 0.4) is 0 Å². The van der Waals surface area contributed by atoms with Gasteiger partial charge in [0.2, 0.25) is 33.3 Å². The van der Waals surface area contributed by atoms with Gasteiger partial charge in [0.1, 0.15) is 35.2 Å². The van der Waals surface area contributed by atoms with Crippen LogP contribution in [-0.2, 0) is 29.1 Å². The van der Waals surface area contributed by atoms with Gasteiger partial charge in [0.05, 0.1) is 29.9 Å². The summed E-state index contributed by atoms with van der Waals surface area (Å²) in [6, 6.07) is 2.49. The molecule has 2 aliphatic heterocycles. The molecule has 0 bridgehead atoms. The predicted molar refractivity (Wildman–Crippen MR) is 211 cm³/mol. The predicted octanol–water partition coefficient (Wildman–Crippen LogP) is 5.19. The van der Waals surface area contributed by atoms with Crippen molar-refractivity contribution in [1.82, 2.24) is 30.2 Å². The van der Waals surface area contributed by atoms with Crippen molar-refractivity contribution in [3.05, 3.63) is 36.0 Å². The molecule has 1 saturated heterocycles. The first-order valence-electron chi connectivity index (χ1n) is 20.7. The van der Waals surface area contributed by atoms with Gasteiger partial charge in [-0.3, -0.25) is 19.1 Å². The topological polar surface area (TPSA) is 195 Å². The Morgan fingerprint density at radius 1 is 1.05 bits per heavy atom. The summed E-state index contributed by atoms with van der Waals surface area (Å²) in [5, 5.41) is 4.56. The SMILES string of the molecule is CC[C@@H]1C[C@H](C)CC/C=C\[C@@H]2C[C@@]2(C(=O)NS(=O)(=O)C2CC2)NC(=O)[C@@H]2C[C@@H](Oc3nc4ccc(OC)cc4nc3C3CC3)CN2C(=O)[C@H]1NC(=O)OC(C)(C)C(F)(F)F. The normalized spacial score (nSPS) is 29.6. The van der Waals surface area contributed by atoms with E-state index in [1.165, 1.54) is 4.90 Å². The summed E-state index contributed by atoms with van der Waals surface area (Å²) in [5.74, 6) is -2.67. The molecule has 3 aliphatic carbocycles. The highest BCUT2D eigenvalue weighted by molar-refractivity contribution is 7.91. The Balaban J connectivity index is 1.24. The first kappa shape index (κ1) is 43.4. The van der Waals surface area contributed by atoms with Crippen LogP contribution in [0.4, 0.5) is 18.0 Å². The Bertz CT molecular complexity index is 2160. The number of allylic oxidation sites excluding steroid dienone is 1. The minimum atomic E-state index is -4.91. The molecule has 3 saturated carbocycles. The third kappa shape index (κ3) is 9.15. The van der Waals surface area contributed by atoms with E-state index in [1.54, 1.807) is 38.3 Å². The number of rotatable bonds is 10. The largest absolute Gasteiger partial charge is 0.497 e. The number of ether oxygens (including phenoxy) is 3. The smallest absolute Gasteiger partial charge is 0.427 e. The molecule has 19 heteroatoms. The van der Waals surface area contributed by atoms with E-state index in [0.717, 1.165) is 12.8 Å². The van der Waals surface area contributed by atoms with Gasteiger partial charge < -0.3 is 29.7 Å². The summed E-state index contributed by atoms with van der Waals surface area (Å²) >= 11 is 0. The van der Waals surface area contributed by atoms with Crippen molar-refractivity contribution < 1.29 is 55.0 Å². The molecule has 4 fully saturated rings. The number of nitrogens with zero attached hydrogens (tertiary/aromatic N) is 3. The molecule has 15 nitrogen and oxygen atoms in total. The van der Waals surface area contributed by atoms with Crippen LogP contribution in [0.2, 0.25) is 0 Å². The lowest BCUT2D eigenvalue weighted by molar-refractivity contribution is -0.244. The molecule has 7 atom stereocenters. The first-order valence-corrected chi connectivity index (χ1v) is 22.2. The van der Waals surface area contributed by atoms with E-state index in [9.17, 15) is 40.8 Å². The molecular weight excluding hydrogens is 810 g/mol. The van der Waals surface area contributed by atoms with E-state index in [2.05, 4.69) is 15.4 Å². The number of hydrogen-bond donors (Lipinski definition) is 3. The van der Waals surface area contributed by atoms with Crippen LogP contribution in [-0.4, -0.2) is 102 Å². The Kier molecular flexibility index (Phi) is 11.8. The number of halogens is 3. The molecule has 1 aromatic carbocycles. The third-order valence-electron chi connectivity index (χ3n) is 12.4. The summed E-state index contributed by atoms with van der Waals surface area (Å²) in [5.41, 5.74) is -2.80. The standard InChI is InChI=1S/C41H53F3N6O9S/c1-6-23-17-22(2)9-7-8-10-25-20-40(25,37(53)49-60(55,56)28-14-15-28)48-34(51)31-19-27(21-50(31)36(52)33(23)47-38(54)59-39(3,4)41(42,43)44)58-35-32(24-11-12-24)45-30-18-26(57-5)13-16-29(30)46-35/h8,10,13,16,18,22-25,27-28,31,33H,6-7,9,11-12,14-15,17,19-21H2,1-5H3,(H,47,54)(H,48,51)(H,49,53)/b10-8-/t22-,23-,25-,27-,31+,33+,40-/m1/s1. The number of carbonyl (C=O) groups is 4. The number of alkyl halides is 3. The molecule has 7 rings (SSSR count). The lowest BCUT2D eigenvalue weighted by Crippen LogP contribution is -2.59. The van der Waals surface area contributed by atoms with Crippen molar-refractivity contribution in [2.45, 2.75) is 139 Å². The molecule has 4 amide bonds. The number of methoxy groups -OCH3 is 1. The van der Waals surface area contributed by atoms with Gasteiger partial charge in [0, 0.05) is 24.3 Å². The van der Waals surface area contributed by atoms with Crippen LogP contribution in [0.1, 0.15) is 104 Å². The minimum Gasteiger partial charge on any atom is -0.497 e. The average Bonchev–Trinajstić information content (AvgIpc) is 4.07. The number of nitrogens with one attached hydrogen (secondary N) is 3. The lowest BCUT2D eigenvalue weighted by atomic mass is 9.85. The summed E-state index contributed by atoms with van der Waals surface area (Å²) in [7, 11) is -2.44. The fraction of sp³-hybridized carbons (Fsp3) is 0.659. The highest BCUT2D eigenvalue weighted by Gasteiger charge is 2.62. The molecule has 0 spiro atoms. The molecule has 5 aliphatic rings.